The summed E-state index contributed by atoms with van der Waals surface area (Å²) >= 11 is 0. The van der Waals surface area contributed by atoms with Crippen molar-refractivity contribution in [2.45, 2.75) is 19.5 Å². The van der Waals surface area contributed by atoms with Gasteiger partial charge in [0.15, 0.2) is 0 Å². The molecule has 0 amide bonds. The highest BCUT2D eigenvalue weighted by atomic mass is 14.9. The van der Waals surface area contributed by atoms with Crippen molar-refractivity contribution in [2.24, 2.45) is 5.73 Å². The summed E-state index contributed by atoms with van der Waals surface area (Å²) in [7, 11) is 0. The highest BCUT2D eigenvalue weighted by Gasteiger charge is 2.16. The molecule has 1 heterocycles. The average molecular weight is 162 g/mol. The van der Waals surface area contributed by atoms with E-state index in [0.717, 1.165) is 13.1 Å². The summed E-state index contributed by atoms with van der Waals surface area (Å²) < 4.78 is 0. The Kier molecular flexibility index (Phi) is 1.87. The maximum Gasteiger partial charge on any atom is 0.0425 e. The van der Waals surface area contributed by atoms with Crippen molar-refractivity contribution >= 4 is 0 Å². The van der Waals surface area contributed by atoms with Crippen LogP contribution in [0.2, 0.25) is 0 Å². The fourth-order valence-electron chi connectivity index (χ4n) is 1.78. The Bertz CT molecular complexity index is 294. The Morgan fingerprint density at radius 1 is 1.50 bits per heavy atom. The zero-order chi connectivity index (χ0) is 8.55. The van der Waals surface area contributed by atoms with E-state index in [0.29, 0.717) is 0 Å². The van der Waals surface area contributed by atoms with Crippen molar-refractivity contribution < 1.29 is 0 Å². The summed E-state index contributed by atoms with van der Waals surface area (Å²) in [4.78, 5) is 0. The Hall–Kier alpha value is -0.860. The predicted octanol–water partition coefficient (Wildman–Crippen LogP) is 1.10. The van der Waals surface area contributed by atoms with E-state index < -0.39 is 0 Å². The Balaban J connectivity index is 2.52. The van der Waals surface area contributed by atoms with Crippen molar-refractivity contribution in [2.75, 3.05) is 6.54 Å². The molecule has 1 aliphatic heterocycles. The molecular formula is C10H14N2. The standard InChI is InChI=1S/C10H14N2/c1-7-3-2-4-8-9(7)5-12-6-10(8)11/h2-4,10,12H,5-6,11H2,1H3. The molecule has 0 fully saturated rings. The van der Waals surface area contributed by atoms with Crippen molar-refractivity contribution in [1.82, 2.24) is 5.32 Å². The first-order chi connectivity index (χ1) is 5.79. The third-order valence-electron chi connectivity index (χ3n) is 2.51. The van der Waals surface area contributed by atoms with Gasteiger partial charge in [0.25, 0.3) is 0 Å². The Labute approximate surface area is 72.8 Å². The summed E-state index contributed by atoms with van der Waals surface area (Å²) in [6, 6.07) is 6.53. The second kappa shape index (κ2) is 2.88. The molecule has 0 saturated heterocycles. The summed E-state index contributed by atoms with van der Waals surface area (Å²) in [5, 5.41) is 3.31. The molecule has 0 saturated carbocycles. The second-order valence-electron chi connectivity index (χ2n) is 3.38. The van der Waals surface area contributed by atoms with E-state index in [2.05, 4.69) is 30.4 Å². The molecule has 1 aromatic rings. The lowest BCUT2D eigenvalue weighted by Crippen LogP contribution is -2.33. The minimum absolute atomic E-state index is 0.175. The highest BCUT2D eigenvalue weighted by molar-refractivity contribution is 5.37. The molecule has 2 rings (SSSR count). The van der Waals surface area contributed by atoms with Crippen molar-refractivity contribution in [3.05, 3.63) is 34.9 Å². The molecule has 2 heteroatoms. The number of hydrogen-bond donors (Lipinski definition) is 2. The molecule has 1 aliphatic rings. The molecule has 0 bridgehead atoms. The van der Waals surface area contributed by atoms with Gasteiger partial charge in [0, 0.05) is 19.1 Å². The Morgan fingerprint density at radius 3 is 3.08 bits per heavy atom. The first-order valence-electron chi connectivity index (χ1n) is 4.33. The van der Waals surface area contributed by atoms with Crippen LogP contribution in [0.1, 0.15) is 22.7 Å². The van der Waals surface area contributed by atoms with Crippen LogP contribution in [0.15, 0.2) is 18.2 Å². The topological polar surface area (TPSA) is 38.0 Å². The lowest BCUT2D eigenvalue weighted by molar-refractivity contribution is 0.553. The molecule has 1 unspecified atom stereocenters. The van der Waals surface area contributed by atoms with Crippen molar-refractivity contribution in [1.29, 1.82) is 0 Å². The number of aryl methyl sites for hydroxylation is 1. The molecule has 1 atom stereocenters. The first-order valence-corrected chi connectivity index (χ1v) is 4.33. The van der Waals surface area contributed by atoms with Gasteiger partial charge >= 0.3 is 0 Å². The minimum atomic E-state index is 0.175. The first kappa shape index (κ1) is 7.77. The van der Waals surface area contributed by atoms with Gasteiger partial charge in [-0.05, 0) is 23.6 Å². The lowest BCUT2D eigenvalue weighted by Gasteiger charge is -2.24. The number of nitrogens with one attached hydrogen (secondary N) is 1. The van der Waals surface area contributed by atoms with Gasteiger partial charge in [-0.15, -0.1) is 0 Å². The molecule has 0 aliphatic carbocycles. The van der Waals surface area contributed by atoms with Gasteiger partial charge in [-0.2, -0.15) is 0 Å². The number of nitrogens with two attached hydrogens (primary N) is 1. The van der Waals surface area contributed by atoms with Gasteiger partial charge in [0.2, 0.25) is 0 Å². The van der Waals surface area contributed by atoms with Crippen LogP contribution < -0.4 is 11.1 Å². The van der Waals surface area contributed by atoms with Crippen LogP contribution in [0.25, 0.3) is 0 Å². The van der Waals surface area contributed by atoms with Gasteiger partial charge in [-0.3, -0.25) is 0 Å². The van der Waals surface area contributed by atoms with Crippen LogP contribution in [0.4, 0.5) is 0 Å². The summed E-state index contributed by atoms with van der Waals surface area (Å²) in [5.74, 6) is 0. The molecule has 0 spiro atoms. The maximum atomic E-state index is 5.95. The summed E-state index contributed by atoms with van der Waals surface area (Å²) in [6.45, 7) is 4.00. The van der Waals surface area contributed by atoms with E-state index in [1.165, 1.54) is 16.7 Å². The van der Waals surface area contributed by atoms with E-state index in [-0.39, 0.29) is 6.04 Å². The van der Waals surface area contributed by atoms with Crippen molar-refractivity contribution in [3.8, 4) is 0 Å². The quantitative estimate of drug-likeness (QED) is 0.599. The third kappa shape index (κ3) is 1.13. The van der Waals surface area contributed by atoms with Crippen LogP contribution in [0, 0.1) is 6.92 Å². The van der Waals surface area contributed by atoms with E-state index >= 15 is 0 Å². The van der Waals surface area contributed by atoms with Crippen LogP contribution >= 0.6 is 0 Å². The van der Waals surface area contributed by atoms with Gasteiger partial charge in [-0.25, -0.2) is 0 Å². The monoisotopic (exact) mass is 162 g/mol. The fourth-order valence-corrected chi connectivity index (χ4v) is 1.78. The summed E-state index contributed by atoms with van der Waals surface area (Å²) in [6.07, 6.45) is 0. The summed E-state index contributed by atoms with van der Waals surface area (Å²) in [5.41, 5.74) is 9.99. The lowest BCUT2D eigenvalue weighted by atomic mass is 9.94. The SMILES string of the molecule is Cc1cccc2c1CNCC2N. The van der Waals surface area contributed by atoms with E-state index in [1.807, 2.05) is 0 Å². The zero-order valence-electron chi connectivity index (χ0n) is 7.30. The van der Waals surface area contributed by atoms with Crippen LogP contribution in [-0.4, -0.2) is 6.54 Å². The van der Waals surface area contributed by atoms with Gasteiger partial charge in [-0.1, -0.05) is 18.2 Å². The molecule has 0 radical (unpaired) electrons. The number of rotatable bonds is 0. The van der Waals surface area contributed by atoms with Crippen LogP contribution in [-0.2, 0) is 6.54 Å². The molecular weight excluding hydrogens is 148 g/mol. The van der Waals surface area contributed by atoms with Crippen LogP contribution in [0.5, 0.6) is 0 Å². The second-order valence-corrected chi connectivity index (χ2v) is 3.38. The Morgan fingerprint density at radius 2 is 2.33 bits per heavy atom. The maximum absolute atomic E-state index is 5.95. The molecule has 1 aromatic carbocycles. The van der Waals surface area contributed by atoms with Crippen LogP contribution in [0.3, 0.4) is 0 Å². The van der Waals surface area contributed by atoms with Gasteiger partial charge < -0.3 is 11.1 Å². The van der Waals surface area contributed by atoms with E-state index in [1.54, 1.807) is 0 Å². The average Bonchev–Trinajstić information content (AvgIpc) is 2.07. The number of hydrogen-bond acceptors (Lipinski definition) is 2. The fraction of sp³-hybridized carbons (Fsp3) is 0.400. The molecule has 3 N–H and O–H groups in total. The van der Waals surface area contributed by atoms with Gasteiger partial charge in [0.1, 0.15) is 0 Å². The normalized spacial score (nSPS) is 22.0. The molecule has 12 heavy (non-hydrogen) atoms. The minimum Gasteiger partial charge on any atom is -0.323 e. The third-order valence-corrected chi connectivity index (χ3v) is 2.51. The van der Waals surface area contributed by atoms with Crippen molar-refractivity contribution in [3.63, 3.8) is 0 Å². The zero-order valence-corrected chi connectivity index (χ0v) is 7.30. The number of fused-ring (bicyclic) bond motifs is 1. The highest BCUT2D eigenvalue weighted by Crippen LogP contribution is 2.22. The molecule has 64 valence electrons. The molecule has 2 nitrogen and oxygen atoms in total. The predicted molar refractivity (Wildman–Crippen MR) is 49.8 cm³/mol. The number of benzene rings is 1. The van der Waals surface area contributed by atoms with E-state index in [4.69, 9.17) is 5.73 Å². The van der Waals surface area contributed by atoms with E-state index in [9.17, 15) is 0 Å². The smallest absolute Gasteiger partial charge is 0.0425 e. The molecule has 0 aromatic heterocycles. The van der Waals surface area contributed by atoms with Gasteiger partial charge in [0.05, 0.1) is 0 Å². The largest absolute Gasteiger partial charge is 0.323 e.